The molecule has 0 unspecified atom stereocenters. The fraction of sp³-hybridized carbons (Fsp3) is 0.125. The van der Waals surface area contributed by atoms with Gasteiger partial charge in [-0.15, -0.1) is 0 Å². The third-order valence-electron chi connectivity index (χ3n) is 1.10. The lowest BCUT2D eigenvalue weighted by atomic mass is 10.2. The summed E-state index contributed by atoms with van der Waals surface area (Å²) in [6.07, 6.45) is 1.58. The smallest absolute Gasteiger partial charge is 0.106 e. The van der Waals surface area contributed by atoms with Crippen LogP contribution in [-0.4, -0.2) is 13.3 Å². The largest absolute Gasteiger partial charge is 0.399 e. The fourth-order valence-electron chi connectivity index (χ4n) is 0.647. The lowest BCUT2D eigenvalue weighted by molar-refractivity contribution is 0.215. The van der Waals surface area contributed by atoms with E-state index in [0.717, 1.165) is 5.56 Å². The van der Waals surface area contributed by atoms with Crippen molar-refractivity contribution in [1.29, 1.82) is 0 Å². The van der Waals surface area contributed by atoms with Crippen LogP contribution in [0.3, 0.4) is 0 Å². The lowest BCUT2D eigenvalue weighted by Gasteiger charge is -1.91. The van der Waals surface area contributed by atoms with Crippen LogP contribution in [0.25, 0.3) is 0 Å². The normalized spacial score (nSPS) is 10.4. The second-order valence-corrected chi connectivity index (χ2v) is 2.29. The van der Waals surface area contributed by atoms with Crippen LogP contribution in [0, 0.1) is 6.07 Å². The molecule has 1 radical (unpaired) electrons. The number of benzene rings is 1. The minimum atomic E-state index is 0.574. The molecule has 0 aliphatic heterocycles. The Kier molecular flexibility index (Phi) is 2.93. The molecule has 0 saturated heterocycles. The van der Waals surface area contributed by atoms with Crippen LogP contribution < -0.4 is 0 Å². The van der Waals surface area contributed by atoms with Gasteiger partial charge in [-0.25, -0.2) is 0 Å². The van der Waals surface area contributed by atoms with Crippen LogP contribution in [0.2, 0.25) is 5.02 Å². The van der Waals surface area contributed by atoms with Crippen molar-refractivity contribution in [3.8, 4) is 0 Å². The summed E-state index contributed by atoms with van der Waals surface area (Å²) in [6.45, 7) is 0. The minimum absolute atomic E-state index is 0.574. The number of hydrogen-bond acceptors (Lipinski definition) is 2. The van der Waals surface area contributed by atoms with E-state index in [4.69, 9.17) is 11.6 Å². The van der Waals surface area contributed by atoms with Crippen molar-refractivity contribution in [3.05, 3.63) is 34.9 Å². The summed E-state index contributed by atoms with van der Waals surface area (Å²) in [4.78, 5) is 4.50. The van der Waals surface area contributed by atoms with E-state index in [9.17, 15) is 0 Å². The first-order chi connectivity index (χ1) is 5.33. The predicted molar refractivity (Wildman–Crippen MR) is 44.9 cm³/mol. The monoisotopic (exact) mass is 168 g/mol. The van der Waals surface area contributed by atoms with Crippen LogP contribution >= 0.6 is 11.6 Å². The summed E-state index contributed by atoms with van der Waals surface area (Å²) in [7, 11) is 1.49. The lowest BCUT2D eigenvalue weighted by Crippen LogP contribution is -1.80. The first kappa shape index (κ1) is 8.08. The zero-order valence-electron chi connectivity index (χ0n) is 6.04. The maximum absolute atomic E-state index is 5.67. The molecule has 3 heteroatoms. The number of nitrogens with zero attached hydrogens (tertiary/aromatic N) is 1. The molecular formula is C8H7ClNO. The molecule has 0 aliphatic carbocycles. The summed E-state index contributed by atoms with van der Waals surface area (Å²) in [5, 5.41) is 4.16. The third kappa shape index (κ3) is 2.60. The van der Waals surface area contributed by atoms with Crippen molar-refractivity contribution in [2.24, 2.45) is 5.16 Å². The first-order valence-corrected chi connectivity index (χ1v) is 3.44. The second-order valence-electron chi connectivity index (χ2n) is 1.89. The van der Waals surface area contributed by atoms with Crippen LogP contribution in [0.4, 0.5) is 0 Å². The zero-order valence-corrected chi connectivity index (χ0v) is 6.80. The van der Waals surface area contributed by atoms with Crippen LogP contribution in [0.5, 0.6) is 0 Å². The Morgan fingerprint density at radius 2 is 2.55 bits per heavy atom. The number of hydrogen-bond donors (Lipinski definition) is 0. The Labute approximate surface area is 70.4 Å². The van der Waals surface area contributed by atoms with E-state index < -0.39 is 0 Å². The van der Waals surface area contributed by atoms with Gasteiger partial charge in [0.1, 0.15) is 7.11 Å². The maximum Gasteiger partial charge on any atom is 0.106 e. The van der Waals surface area contributed by atoms with Crippen LogP contribution in [0.15, 0.2) is 23.4 Å². The highest BCUT2D eigenvalue weighted by molar-refractivity contribution is 6.30. The molecule has 0 spiro atoms. The number of rotatable bonds is 2. The summed E-state index contributed by atoms with van der Waals surface area (Å²) in [6, 6.07) is 8.14. The average Bonchev–Trinajstić information content (AvgIpc) is 2.01. The molecular weight excluding hydrogens is 162 g/mol. The molecule has 2 nitrogen and oxygen atoms in total. The highest BCUT2D eigenvalue weighted by Gasteiger charge is 1.88. The van der Waals surface area contributed by atoms with Gasteiger partial charge in [0.2, 0.25) is 0 Å². The average molecular weight is 169 g/mol. The molecule has 11 heavy (non-hydrogen) atoms. The van der Waals surface area contributed by atoms with Crippen molar-refractivity contribution >= 4 is 17.8 Å². The number of halogens is 1. The van der Waals surface area contributed by atoms with Gasteiger partial charge in [0, 0.05) is 11.1 Å². The van der Waals surface area contributed by atoms with E-state index in [1.807, 2.05) is 6.07 Å². The fourth-order valence-corrected chi connectivity index (χ4v) is 0.836. The van der Waals surface area contributed by atoms with Gasteiger partial charge in [0.25, 0.3) is 0 Å². The zero-order chi connectivity index (χ0) is 8.10. The molecule has 0 N–H and O–H groups in total. The van der Waals surface area contributed by atoms with Crippen molar-refractivity contribution in [2.45, 2.75) is 0 Å². The van der Waals surface area contributed by atoms with Crippen molar-refractivity contribution in [2.75, 3.05) is 7.11 Å². The summed E-state index contributed by atoms with van der Waals surface area (Å²) in [5.41, 5.74) is 0.899. The van der Waals surface area contributed by atoms with Crippen LogP contribution in [0.1, 0.15) is 5.56 Å². The van der Waals surface area contributed by atoms with Crippen molar-refractivity contribution in [1.82, 2.24) is 0 Å². The topological polar surface area (TPSA) is 21.6 Å². The second kappa shape index (κ2) is 3.98. The highest BCUT2D eigenvalue weighted by atomic mass is 35.5. The molecule has 0 aromatic heterocycles. The van der Waals surface area contributed by atoms with Gasteiger partial charge >= 0.3 is 0 Å². The SMILES string of the molecule is CO/N=C/c1cc[c]c(Cl)c1. The summed E-state index contributed by atoms with van der Waals surface area (Å²) < 4.78 is 0. The maximum atomic E-state index is 5.67. The molecule has 0 aliphatic rings. The van der Waals surface area contributed by atoms with Gasteiger partial charge in [0.05, 0.1) is 6.21 Å². The Bertz CT molecular complexity index is 260. The van der Waals surface area contributed by atoms with E-state index >= 15 is 0 Å². The van der Waals surface area contributed by atoms with E-state index in [1.54, 1.807) is 18.3 Å². The van der Waals surface area contributed by atoms with Gasteiger partial charge in [0.15, 0.2) is 0 Å². The van der Waals surface area contributed by atoms with E-state index in [2.05, 4.69) is 16.1 Å². The first-order valence-electron chi connectivity index (χ1n) is 3.06. The molecule has 0 atom stereocenters. The Morgan fingerprint density at radius 3 is 3.18 bits per heavy atom. The van der Waals surface area contributed by atoms with E-state index in [0.29, 0.717) is 5.02 Å². The minimum Gasteiger partial charge on any atom is -0.399 e. The Morgan fingerprint density at radius 1 is 1.73 bits per heavy atom. The van der Waals surface area contributed by atoms with Gasteiger partial charge < -0.3 is 4.84 Å². The molecule has 57 valence electrons. The molecule has 0 fully saturated rings. The molecule has 0 bridgehead atoms. The van der Waals surface area contributed by atoms with Gasteiger partial charge in [-0.1, -0.05) is 28.9 Å². The Balaban J connectivity index is 2.79. The summed E-state index contributed by atoms with van der Waals surface area (Å²) >= 11 is 5.67. The van der Waals surface area contributed by atoms with Crippen molar-refractivity contribution < 1.29 is 4.84 Å². The van der Waals surface area contributed by atoms with Gasteiger partial charge in [-0.3, -0.25) is 0 Å². The standard InChI is InChI=1S/C8H7ClNO/c1-11-10-6-7-3-2-4-8(9)5-7/h2-3,5-6H,1H3/b10-6+. The molecule has 1 rings (SSSR count). The molecule has 0 heterocycles. The van der Waals surface area contributed by atoms with Gasteiger partial charge in [-0.2, -0.15) is 0 Å². The van der Waals surface area contributed by atoms with E-state index in [1.165, 1.54) is 7.11 Å². The highest BCUT2D eigenvalue weighted by Crippen LogP contribution is 2.07. The third-order valence-corrected chi connectivity index (χ3v) is 1.32. The number of oxime groups is 1. The van der Waals surface area contributed by atoms with E-state index in [-0.39, 0.29) is 0 Å². The van der Waals surface area contributed by atoms with Gasteiger partial charge in [-0.05, 0) is 11.6 Å². The molecule has 0 saturated carbocycles. The predicted octanol–water partition coefficient (Wildman–Crippen LogP) is 2.12. The molecule has 1 aromatic carbocycles. The molecule has 1 aromatic rings. The molecule has 0 amide bonds. The quantitative estimate of drug-likeness (QED) is 0.490. The van der Waals surface area contributed by atoms with Crippen LogP contribution in [-0.2, 0) is 4.84 Å². The Hall–Kier alpha value is -1.02. The summed E-state index contributed by atoms with van der Waals surface area (Å²) in [5.74, 6) is 0. The van der Waals surface area contributed by atoms with Crippen molar-refractivity contribution in [3.63, 3.8) is 0 Å².